The van der Waals surface area contributed by atoms with Crippen LogP contribution >= 0.6 is 0 Å². The zero-order valence-corrected chi connectivity index (χ0v) is 10.9. The van der Waals surface area contributed by atoms with Gasteiger partial charge in [-0.3, -0.25) is 0 Å². The van der Waals surface area contributed by atoms with E-state index in [0.717, 1.165) is 6.07 Å². The summed E-state index contributed by atoms with van der Waals surface area (Å²) in [5.74, 6) is -5.13. The molecule has 116 valence electrons. The Morgan fingerprint density at radius 2 is 2.05 bits per heavy atom. The van der Waals surface area contributed by atoms with Crippen molar-refractivity contribution in [2.24, 2.45) is 0 Å². The third-order valence-electron chi connectivity index (χ3n) is 3.13. The van der Waals surface area contributed by atoms with Crippen LogP contribution in [0.5, 0.6) is 0 Å². The minimum absolute atomic E-state index is 0.0619. The molecule has 0 spiro atoms. The van der Waals surface area contributed by atoms with Crippen LogP contribution in [0, 0.1) is 6.92 Å². The number of esters is 1. The molecule has 0 bridgehead atoms. The van der Waals surface area contributed by atoms with Crippen molar-refractivity contribution in [3.63, 3.8) is 0 Å². The van der Waals surface area contributed by atoms with Crippen LogP contribution < -0.4 is 5.32 Å². The predicted octanol–water partition coefficient (Wildman–Crippen LogP) is 3.38. The van der Waals surface area contributed by atoms with Crippen LogP contribution in [0.4, 0.5) is 27.6 Å². The van der Waals surface area contributed by atoms with Crippen molar-refractivity contribution in [3.8, 4) is 0 Å². The lowest BCUT2D eigenvalue weighted by molar-refractivity contribution is -0.158. The maximum atomic E-state index is 12.9. The number of hydrogen-bond donors (Lipinski definition) is 1. The van der Waals surface area contributed by atoms with Gasteiger partial charge in [0.25, 0.3) is 0 Å². The van der Waals surface area contributed by atoms with Crippen LogP contribution in [0.3, 0.4) is 0 Å². The van der Waals surface area contributed by atoms with Crippen LogP contribution in [-0.2, 0) is 15.7 Å². The smallest absolute Gasteiger partial charge is 0.416 e. The number of alkyl halides is 5. The molecule has 0 saturated carbocycles. The highest BCUT2D eigenvalue weighted by molar-refractivity contribution is 5.79. The van der Waals surface area contributed by atoms with Crippen molar-refractivity contribution < 1.29 is 31.5 Å². The summed E-state index contributed by atoms with van der Waals surface area (Å²) < 4.78 is 68.5. The molecule has 1 heterocycles. The van der Waals surface area contributed by atoms with Gasteiger partial charge in [-0.25, -0.2) is 4.79 Å². The van der Waals surface area contributed by atoms with Crippen molar-refractivity contribution >= 4 is 11.7 Å². The van der Waals surface area contributed by atoms with Crippen LogP contribution in [0.1, 0.15) is 17.5 Å². The highest BCUT2D eigenvalue weighted by Gasteiger charge is 2.50. The Bertz CT molecular complexity index is 556. The van der Waals surface area contributed by atoms with Crippen molar-refractivity contribution in [2.45, 2.75) is 31.5 Å². The van der Waals surface area contributed by atoms with E-state index in [4.69, 9.17) is 0 Å². The summed E-state index contributed by atoms with van der Waals surface area (Å²) in [6.45, 7) is 1.15. The van der Waals surface area contributed by atoms with E-state index in [0.29, 0.717) is 0 Å². The second-order valence-electron chi connectivity index (χ2n) is 4.84. The Kier molecular flexibility index (Phi) is 3.81. The highest BCUT2D eigenvalue weighted by Crippen LogP contribution is 2.34. The van der Waals surface area contributed by atoms with Crippen LogP contribution in [0.15, 0.2) is 18.2 Å². The summed E-state index contributed by atoms with van der Waals surface area (Å²) >= 11 is 0. The van der Waals surface area contributed by atoms with Gasteiger partial charge in [0.1, 0.15) is 6.10 Å². The standard InChI is InChI=1S/C13H12F5NO2/c1-7-2-3-8(4-10(7)13(16,17)18)19-6-9-5-12(14,15)11(20)21-9/h2-4,9,19H,5-6H2,1H3. The van der Waals surface area contributed by atoms with Gasteiger partial charge >= 0.3 is 18.1 Å². The molecule has 8 heteroatoms. The molecule has 1 N–H and O–H groups in total. The lowest BCUT2D eigenvalue weighted by Gasteiger charge is -2.15. The van der Waals surface area contributed by atoms with E-state index in [2.05, 4.69) is 10.1 Å². The van der Waals surface area contributed by atoms with Gasteiger partial charge in [-0.1, -0.05) is 6.07 Å². The molecule has 0 aromatic heterocycles. The number of benzene rings is 1. The van der Waals surface area contributed by atoms with E-state index in [9.17, 15) is 26.7 Å². The topological polar surface area (TPSA) is 38.3 Å². The average Bonchev–Trinajstić information content (AvgIpc) is 2.60. The first-order valence-corrected chi connectivity index (χ1v) is 6.10. The van der Waals surface area contributed by atoms with Crippen LogP contribution in [0.25, 0.3) is 0 Å². The van der Waals surface area contributed by atoms with E-state index < -0.39 is 36.2 Å². The first kappa shape index (κ1) is 15.5. The van der Waals surface area contributed by atoms with Gasteiger partial charge in [-0.2, -0.15) is 22.0 Å². The molecule has 21 heavy (non-hydrogen) atoms. The largest absolute Gasteiger partial charge is 0.456 e. The molecule has 1 saturated heterocycles. The normalized spacial score (nSPS) is 21.2. The summed E-state index contributed by atoms with van der Waals surface area (Å²) in [7, 11) is 0. The first-order chi connectivity index (χ1) is 9.59. The van der Waals surface area contributed by atoms with Crippen molar-refractivity contribution in [3.05, 3.63) is 29.3 Å². The predicted molar refractivity (Wildman–Crippen MR) is 64.1 cm³/mol. The van der Waals surface area contributed by atoms with Gasteiger partial charge in [0.2, 0.25) is 0 Å². The number of rotatable bonds is 3. The number of carbonyl (C=O) groups excluding carboxylic acids is 1. The van der Waals surface area contributed by atoms with Gasteiger partial charge < -0.3 is 10.1 Å². The van der Waals surface area contributed by atoms with E-state index >= 15 is 0 Å². The molecular formula is C13H12F5NO2. The number of halogens is 5. The fourth-order valence-electron chi connectivity index (χ4n) is 2.03. The maximum Gasteiger partial charge on any atom is 0.416 e. The van der Waals surface area contributed by atoms with Crippen LogP contribution in [0.2, 0.25) is 0 Å². The molecule has 1 atom stereocenters. The molecule has 1 unspecified atom stereocenters. The molecule has 1 aliphatic rings. The average molecular weight is 309 g/mol. The van der Waals surface area contributed by atoms with E-state index in [1.165, 1.54) is 19.1 Å². The number of ether oxygens (including phenoxy) is 1. The minimum Gasteiger partial charge on any atom is -0.456 e. The minimum atomic E-state index is -4.49. The Morgan fingerprint density at radius 3 is 2.57 bits per heavy atom. The van der Waals surface area contributed by atoms with E-state index in [-0.39, 0.29) is 17.8 Å². The van der Waals surface area contributed by atoms with Gasteiger partial charge in [0.15, 0.2) is 0 Å². The van der Waals surface area contributed by atoms with Crippen molar-refractivity contribution in [1.82, 2.24) is 0 Å². The van der Waals surface area contributed by atoms with Gasteiger partial charge in [-0.05, 0) is 24.6 Å². The Hall–Kier alpha value is -1.86. The molecule has 0 aliphatic carbocycles. The number of aryl methyl sites for hydroxylation is 1. The van der Waals surface area contributed by atoms with Gasteiger partial charge in [0, 0.05) is 5.69 Å². The maximum absolute atomic E-state index is 12.9. The summed E-state index contributed by atoms with van der Waals surface area (Å²) in [5, 5.41) is 2.57. The fraction of sp³-hybridized carbons (Fsp3) is 0.462. The number of nitrogens with one attached hydrogen (secondary N) is 1. The fourth-order valence-corrected chi connectivity index (χ4v) is 2.03. The molecule has 2 rings (SSSR count). The second kappa shape index (κ2) is 5.16. The SMILES string of the molecule is Cc1ccc(NCC2CC(F)(F)C(=O)O2)cc1C(F)(F)F. The second-order valence-corrected chi connectivity index (χ2v) is 4.84. The number of cyclic esters (lactones) is 1. The highest BCUT2D eigenvalue weighted by atomic mass is 19.4. The van der Waals surface area contributed by atoms with E-state index in [1.54, 1.807) is 0 Å². The third-order valence-corrected chi connectivity index (χ3v) is 3.13. The Labute approximate surface area is 117 Å². The Morgan fingerprint density at radius 1 is 1.38 bits per heavy atom. The molecular weight excluding hydrogens is 297 g/mol. The molecule has 1 aromatic rings. The van der Waals surface area contributed by atoms with Gasteiger partial charge in [0.05, 0.1) is 18.5 Å². The number of carbonyl (C=O) groups is 1. The molecule has 1 fully saturated rings. The summed E-state index contributed by atoms with van der Waals surface area (Å²) in [5.41, 5.74) is -0.618. The monoisotopic (exact) mass is 309 g/mol. The number of hydrogen-bond acceptors (Lipinski definition) is 3. The number of anilines is 1. The lowest BCUT2D eigenvalue weighted by atomic mass is 10.1. The zero-order chi connectivity index (χ0) is 15.8. The first-order valence-electron chi connectivity index (χ1n) is 6.10. The summed E-state index contributed by atoms with van der Waals surface area (Å²) in [6, 6.07) is 3.57. The lowest BCUT2D eigenvalue weighted by Crippen LogP contribution is -2.22. The molecule has 0 amide bonds. The summed E-state index contributed by atoms with van der Waals surface area (Å²) in [6.07, 6.45) is -6.34. The van der Waals surface area contributed by atoms with Crippen LogP contribution in [-0.4, -0.2) is 24.5 Å². The molecule has 3 nitrogen and oxygen atoms in total. The quantitative estimate of drug-likeness (QED) is 0.687. The summed E-state index contributed by atoms with van der Waals surface area (Å²) in [4.78, 5) is 10.8. The Balaban J connectivity index is 2.04. The third kappa shape index (κ3) is 3.43. The molecule has 1 aliphatic heterocycles. The van der Waals surface area contributed by atoms with E-state index in [1.807, 2.05) is 0 Å². The van der Waals surface area contributed by atoms with Crippen molar-refractivity contribution in [1.29, 1.82) is 0 Å². The van der Waals surface area contributed by atoms with Gasteiger partial charge in [-0.15, -0.1) is 0 Å². The molecule has 1 aromatic carbocycles. The zero-order valence-electron chi connectivity index (χ0n) is 10.9. The van der Waals surface area contributed by atoms with Crippen molar-refractivity contribution in [2.75, 3.05) is 11.9 Å². The molecule has 0 radical (unpaired) electrons.